The summed E-state index contributed by atoms with van der Waals surface area (Å²) in [7, 11) is 1.92. The van der Waals surface area contributed by atoms with Gasteiger partial charge >= 0.3 is 0 Å². The maximum atomic E-state index is 6.09. The van der Waals surface area contributed by atoms with Gasteiger partial charge in [0, 0.05) is 25.6 Å². The summed E-state index contributed by atoms with van der Waals surface area (Å²) in [6, 6.07) is 3.89. The number of nitrogens with zero attached hydrogens (tertiary/aromatic N) is 4. The second-order valence-electron chi connectivity index (χ2n) is 6.37. The first-order chi connectivity index (χ1) is 10.7. The quantitative estimate of drug-likeness (QED) is 0.929. The third kappa shape index (κ3) is 2.93. The first kappa shape index (κ1) is 16.2. The largest absolute Gasteiger partial charge is 0.473 e. The number of nitrogens with one attached hydrogen (secondary N) is 1. The highest BCUT2D eigenvalue weighted by Crippen LogP contribution is 2.36. The third-order valence-electron chi connectivity index (χ3n) is 4.97. The van der Waals surface area contributed by atoms with Gasteiger partial charge < -0.3 is 10.1 Å². The van der Waals surface area contributed by atoms with Crippen molar-refractivity contribution < 1.29 is 4.74 Å². The first-order valence-electron chi connectivity index (χ1n) is 7.92. The molecule has 2 aliphatic rings. The topological polar surface area (TPSA) is 64.9 Å². The Kier molecular flexibility index (Phi) is 4.55. The van der Waals surface area contributed by atoms with Crippen molar-refractivity contribution in [2.24, 2.45) is 18.9 Å². The van der Waals surface area contributed by atoms with Crippen molar-refractivity contribution >= 4 is 12.4 Å². The summed E-state index contributed by atoms with van der Waals surface area (Å²) >= 11 is 0. The van der Waals surface area contributed by atoms with Crippen molar-refractivity contribution in [3.63, 3.8) is 0 Å². The van der Waals surface area contributed by atoms with Gasteiger partial charge in [-0.05, 0) is 43.9 Å². The number of rotatable bonds is 3. The van der Waals surface area contributed by atoms with E-state index in [1.807, 2.05) is 37.0 Å². The van der Waals surface area contributed by atoms with Crippen molar-refractivity contribution in [3.05, 3.63) is 23.9 Å². The molecule has 3 atom stereocenters. The van der Waals surface area contributed by atoms with E-state index in [-0.39, 0.29) is 18.5 Å². The van der Waals surface area contributed by atoms with Crippen LogP contribution in [0, 0.1) is 18.8 Å². The maximum absolute atomic E-state index is 6.09. The van der Waals surface area contributed by atoms with Gasteiger partial charge in [-0.2, -0.15) is 5.10 Å². The molecule has 1 saturated carbocycles. The lowest BCUT2D eigenvalue weighted by Crippen LogP contribution is -2.26. The SMILES string of the molecule is Cc1cnn(C)c1-c1ccc(OC2CCC3CNCC32)nn1.Cl. The number of hydrogen-bond acceptors (Lipinski definition) is 5. The van der Waals surface area contributed by atoms with Gasteiger partial charge in [0.1, 0.15) is 11.8 Å². The number of fused-ring (bicyclic) bond motifs is 1. The van der Waals surface area contributed by atoms with Crippen LogP contribution in [0.25, 0.3) is 11.4 Å². The van der Waals surface area contributed by atoms with Crippen molar-refractivity contribution in [1.82, 2.24) is 25.3 Å². The normalized spacial score (nSPS) is 25.9. The fourth-order valence-corrected chi connectivity index (χ4v) is 3.82. The molecule has 124 valence electrons. The number of aryl methyl sites for hydroxylation is 2. The van der Waals surface area contributed by atoms with E-state index in [1.54, 1.807) is 0 Å². The van der Waals surface area contributed by atoms with Gasteiger partial charge in [-0.25, -0.2) is 0 Å². The lowest BCUT2D eigenvalue weighted by Gasteiger charge is -2.18. The summed E-state index contributed by atoms with van der Waals surface area (Å²) in [6.07, 6.45) is 4.50. The van der Waals surface area contributed by atoms with E-state index < -0.39 is 0 Å². The summed E-state index contributed by atoms with van der Waals surface area (Å²) in [4.78, 5) is 0. The second-order valence-corrected chi connectivity index (χ2v) is 6.37. The fourth-order valence-electron chi connectivity index (χ4n) is 3.82. The van der Waals surface area contributed by atoms with Crippen LogP contribution in [-0.4, -0.2) is 39.2 Å². The van der Waals surface area contributed by atoms with Gasteiger partial charge in [-0.3, -0.25) is 4.68 Å². The van der Waals surface area contributed by atoms with Crippen molar-refractivity contribution in [3.8, 4) is 17.3 Å². The number of ether oxygens (including phenoxy) is 1. The van der Waals surface area contributed by atoms with Crippen LogP contribution in [0.4, 0.5) is 0 Å². The minimum absolute atomic E-state index is 0. The zero-order valence-corrected chi connectivity index (χ0v) is 14.2. The monoisotopic (exact) mass is 335 g/mol. The third-order valence-corrected chi connectivity index (χ3v) is 4.97. The van der Waals surface area contributed by atoms with Gasteiger partial charge in [0.05, 0.1) is 11.9 Å². The minimum atomic E-state index is 0. The molecule has 0 spiro atoms. The summed E-state index contributed by atoms with van der Waals surface area (Å²) in [5.74, 6) is 2.02. The number of aromatic nitrogens is 4. The molecule has 7 heteroatoms. The Morgan fingerprint density at radius 2 is 2.09 bits per heavy atom. The zero-order valence-electron chi connectivity index (χ0n) is 13.4. The van der Waals surface area contributed by atoms with Crippen LogP contribution in [0.3, 0.4) is 0 Å². The molecule has 0 aromatic carbocycles. The Balaban J connectivity index is 0.00000156. The molecule has 1 saturated heterocycles. The fraction of sp³-hybridized carbons (Fsp3) is 0.562. The Hall–Kier alpha value is -1.66. The highest BCUT2D eigenvalue weighted by molar-refractivity contribution is 5.85. The Morgan fingerprint density at radius 1 is 1.22 bits per heavy atom. The van der Waals surface area contributed by atoms with Gasteiger partial charge in [-0.1, -0.05) is 0 Å². The Morgan fingerprint density at radius 3 is 2.78 bits per heavy atom. The van der Waals surface area contributed by atoms with Crippen molar-refractivity contribution in [1.29, 1.82) is 0 Å². The summed E-state index contributed by atoms with van der Waals surface area (Å²) in [5, 5.41) is 16.3. The number of hydrogen-bond donors (Lipinski definition) is 1. The molecular weight excluding hydrogens is 314 g/mol. The highest BCUT2D eigenvalue weighted by atomic mass is 35.5. The molecule has 1 aliphatic carbocycles. The van der Waals surface area contributed by atoms with Crippen molar-refractivity contribution in [2.45, 2.75) is 25.9 Å². The highest BCUT2D eigenvalue weighted by Gasteiger charge is 2.40. The first-order valence-corrected chi connectivity index (χ1v) is 7.92. The molecule has 23 heavy (non-hydrogen) atoms. The minimum Gasteiger partial charge on any atom is -0.473 e. The average Bonchev–Trinajstić information content (AvgIpc) is 3.19. The van der Waals surface area contributed by atoms with Crippen molar-refractivity contribution in [2.75, 3.05) is 13.1 Å². The van der Waals surface area contributed by atoms with Gasteiger partial charge in [0.15, 0.2) is 0 Å². The van der Waals surface area contributed by atoms with Crippen LogP contribution in [0.2, 0.25) is 0 Å². The molecule has 0 bridgehead atoms. The van der Waals surface area contributed by atoms with E-state index in [4.69, 9.17) is 4.74 Å². The predicted octanol–water partition coefficient (Wildman–Crippen LogP) is 1.98. The van der Waals surface area contributed by atoms with Gasteiger partial charge in [-0.15, -0.1) is 22.6 Å². The summed E-state index contributed by atoms with van der Waals surface area (Å²) in [5.41, 5.74) is 2.93. The Labute approximate surface area is 142 Å². The van der Waals surface area contributed by atoms with Crippen LogP contribution in [-0.2, 0) is 7.05 Å². The molecule has 1 aliphatic heterocycles. The van der Waals surface area contributed by atoms with Gasteiger partial charge in [0.2, 0.25) is 5.88 Å². The van der Waals surface area contributed by atoms with E-state index in [1.165, 1.54) is 6.42 Å². The maximum Gasteiger partial charge on any atom is 0.233 e. The average molecular weight is 336 g/mol. The molecular formula is C16H22ClN5O. The smallest absolute Gasteiger partial charge is 0.233 e. The summed E-state index contributed by atoms with van der Waals surface area (Å²) < 4.78 is 7.91. The molecule has 1 N–H and O–H groups in total. The number of halogens is 1. The van der Waals surface area contributed by atoms with Crippen LogP contribution in [0.1, 0.15) is 18.4 Å². The lowest BCUT2D eigenvalue weighted by molar-refractivity contribution is 0.150. The molecule has 0 radical (unpaired) electrons. The molecule has 3 heterocycles. The molecule has 2 aromatic rings. The second kappa shape index (κ2) is 6.45. The van der Waals surface area contributed by atoms with E-state index in [9.17, 15) is 0 Å². The molecule has 2 fully saturated rings. The zero-order chi connectivity index (χ0) is 15.1. The molecule has 6 nitrogen and oxygen atoms in total. The van der Waals surface area contributed by atoms with Crippen LogP contribution >= 0.6 is 12.4 Å². The van der Waals surface area contributed by atoms with E-state index in [0.29, 0.717) is 11.8 Å². The molecule has 2 aromatic heterocycles. The van der Waals surface area contributed by atoms with E-state index in [0.717, 1.165) is 42.4 Å². The molecule has 0 amide bonds. The molecule has 4 rings (SSSR count). The summed E-state index contributed by atoms with van der Waals surface area (Å²) in [6.45, 7) is 4.23. The molecule has 3 unspecified atom stereocenters. The van der Waals surface area contributed by atoms with Crippen LogP contribution in [0.15, 0.2) is 18.3 Å². The van der Waals surface area contributed by atoms with Crippen LogP contribution < -0.4 is 10.1 Å². The standard InChI is InChI=1S/C16H21N5O.ClH/c1-10-7-18-21(2)16(10)13-4-6-15(20-19-13)22-14-5-3-11-8-17-9-12(11)14;/h4,6-7,11-12,14,17H,3,5,8-9H2,1-2H3;1H. The van der Waals surface area contributed by atoms with Gasteiger partial charge in [0.25, 0.3) is 0 Å². The lowest BCUT2D eigenvalue weighted by atomic mass is 9.99. The van der Waals surface area contributed by atoms with E-state index in [2.05, 4.69) is 20.6 Å². The predicted molar refractivity (Wildman–Crippen MR) is 89.7 cm³/mol. The van der Waals surface area contributed by atoms with E-state index >= 15 is 0 Å². The Bertz CT molecular complexity index is 652. The van der Waals surface area contributed by atoms with Crippen LogP contribution in [0.5, 0.6) is 5.88 Å².